The third kappa shape index (κ3) is 6.47. The van der Waals surface area contributed by atoms with Gasteiger partial charge in [0.05, 0.1) is 45.0 Å². The zero-order valence-corrected chi connectivity index (χ0v) is 34.1. The minimum atomic E-state index is -2.69. The SMILES string of the molecule is Cn1c2ccc1/C(c1c(F)c(F)c(F)c(F)c1F)=c1/cc/c([nH]1)=C(\c1c(F)c(F)c(F)c(F)c1F)c1ccc(n1C)/C(c1c(F)c(F)c(F)c(F)c1F)=c1/cc/c([nH]1)=C/2c1c(F)c(F)c(F)c(F)c1F. The van der Waals surface area contributed by atoms with Crippen LogP contribution in [0.3, 0.4) is 0 Å². The number of hydrogen-bond acceptors (Lipinski definition) is 0. The van der Waals surface area contributed by atoms with Crippen LogP contribution in [0.2, 0.25) is 0 Å². The molecule has 8 bridgehead atoms. The summed E-state index contributed by atoms with van der Waals surface area (Å²) in [5, 5.41) is -3.49. The van der Waals surface area contributed by atoms with Crippen LogP contribution in [0.25, 0.3) is 22.3 Å². The summed E-state index contributed by atoms with van der Waals surface area (Å²) in [4.78, 5) is 4.68. The third-order valence-corrected chi connectivity index (χ3v) is 11.6. The maximum atomic E-state index is 16.0. The Kier molecular flexibility index (Phi) is 11.0. The van der Waals surface area contributed by atoms with E-state index in [-0.39, 0.29) is 0 Å². The summed E-state index contributed by atoms with van der Waals surface area (Å²) >= 11 is 0. The van der Waals surface area contributed by atoms with E-state index in [1.165, 1.54) is 0 Å². The molecular weight excluding hydrogens is 988 g/mol. The van der Waals surface area contributed by atoms with Crippen molar-refractivity contribution in [2.45, 2.75) is 0 Å². The Balaban J connectivity index is 1.60. The highest BCUT2D eigenvalue weighted by Crippen LogP contribution is 2.38. The first-order valence-electron chi connectivity index (χ1n) is 19.2. The van der Waals surface area contributed by atoms with Gasteiger partial charge < -0.3 is 19.1 Å². The minimum absolute atomic E-state index is 0.611. The fraction of sp³-hybridized carbons (Fsp3) is 0.0435. The standard InChI is InChI=1S/C46H16F20N4/c1-69-15-7-8-16(69)20(24-29(49)37(57)44(64)38(58)30(24)50)12-4-6-14(68-12)22(26-33(53)41(61)46(66)42(62)34(26)54)18-10-9-17(70(18)2)21(25-31(51)39(59)45(65)40(60)32(25)52)13-5-3-11(67-13)19(15)23-27(47)35(55)43(63)36(56)28(23)48/h3-10,67-68H,1-2H3/b19-11+,19-15?,20-12+,20-16?,21-13+,21-17?,22-14+,22-18?. The Bertz CT molecular complexity index is 3320. The summed E-state index contributed by atoms with van der Waals surface area (Å²) in [6.07, 6.45) is 0. The summed E-state index contributed by atoms with van der Waals surface area (Å²) in [5.74, 6) is -52.0. The van der Waals surface area contributed by atoms with Gasteiger partial charge in [-0.05, 0) is 48.5 Å². The van der Waals surface area contributed by atoms with Gasteiger partial charge in [0, 0.05) is 57.8 Å². The number of H-pyrrole nitrogens is 2. The number of hydrogen-bond donors (Lipinski definition) is 2. The molecular formula is C46H16F20N4. The lowest BCUT2D eigenvalue weighted by Gasteiger charge is -2.17. The van der Waals surface area contributed by atoms with Crippen molar-refractivity contribution in [2.75, 3.05) is 0 Å². The molecule has 70 heavy (non-hydrogen) atoms. The molecule has 1 aliphatic heterocycles. The number of nitrogens with zero attached hydrogens (tertiary/aromatic N) is 2. The van der Waals surface area contributed by atoms with Crippen molar-refractivity contribution in [3.05, 3.63) is 231 Å². The zero-order valence-electron chi connectivity index (χ0n) is 34.1. The van der Waals surface area contributed by atoms with Gasteiger partial charge in [-0.1, -0.05) is 0 Å². The highest BCUT2D eigenvalue weighted by atomic mass is 19.2. The summed E-state index contributed by atoms with van der Waals surface area (Å²) < 4.78 is 308. The van der Waals surface area contributed by atoms with Crippen LogP contribution in [0, 0.1) is 116 Å². The molecule has 0 radical (unpaired) electrons. The Morgan fingerprint density at radius 1 is 0.229 bits per heavy atom. The summed E-state index contributed by atoms with van der Waals surface area (Å²) in [5.41, 5.74) is -15.1. The number of nitrogens with one attached hydrogen (secondary N) is 2. The molecule has 0 atom stereocenters. The molecule has 0 spiro atoms. The molecule has 0 unspecified atom stereocenters. The van der Waals surface area contributed by atoms with E-state index in [4.69, 9.17) is 0 Å². The Morgan fingerprint density at radius 3 is 0.529 bits per heavy atom. The molecule has 24 heteroatoms. The lowest BCUT2D eigenvalue weighted by molar-refractivity contribution is 0.376. The molecule has 1 aliphatic rings. The maximum absolute atomic E-state index is 16.0. The van der Waals surface area contributed by atoms with E-state index < -0.39 is 205 Å². The average Bonchev–Trinajstić information content (AvgIpc) is 4.17. The van der Waals surface area contributed by atoms with Crippen LogP contribution in [0.1, 0.15) is 45.0 Å². The van der Waals surface area contributed by atoms with E-state index in [9.17, 15) is 17.6 Å². The number of aromatic amines is 2. The number of halogens is 20. The normalized spacial score (nSPS) is 16.0. The topological polar surface area (TPSA) is 41.4 Å². The maximum Gasteiger partial charge on any atom is 0.200 e. The number of fused-ring (bicyclic) bond motifs is 8. The lowest BCUT2D eigenvalue weighted by atomic mass is 9.99. The third-order valence-electron chi connectivity index (χ3n) is 11.6. The van der Waals surface area contributed by atoms with Crippen LogP contribution >= 0.6 is 0 Å². The first-order valence-corrected chi connectivity index (χ1v) is 19.2. The molecule has 5 heterocycles. The van der Waals surface area contributed by atoms with Crippen molar-refractivity contribution < 1.29 is 87.8 Å². The zero-order chi connectivity index (χ0) is 51.0. The van der Waals surface area contributed by atoms with Gasteiger partial charge in [0.2, 0.25) is 23.3 Å². The van der Waals surface area contributed by atoms with E-state index >= 15 is 70.2 Å². The Hall–Kier alpha value is -7.92. The van der Waals surface area contributed by atoms with Crippen LogP contribution in [-0.4, -0.2) is 19.1 Å². The van der Waals surface area contributed by atoms with E-state index in [2.05, 4.69) is 9.97 Å². The second kappa shape index (κ2) is 16.4. The molecule has 0 saturated heterocycles. The van der Waals surface area contributed by atoms with Gasteiger partial charge in [-0.15, -0.1) is 0 Å². The van der Waals surface area contributed by atoms with Gasteiger partial charge >= 0.3 is 0 Å². The van der Waals surface area contributed by atoms with Crippen molar-refractivity contribution in [2.24, 2.45) is 14.1 Å². The fourth-order valence-electron chi connectivity index (χ4n) is 8.30. The number of benzene rings is 4. The summed E-state index contributed by atoms with van der Waals surface area (Å²) in [7, 11) is 1.67. The van der Waals surface area contributed by atoms with Crippen LogP contribution in [0.15, 0.2) is 48.5 Å². The molecule has 0 saturated carbocycles. The smallest absolute Gasteiger partial charge is 0.200 e. The van der Waals surface area contributed by atoms with E-state index in [0.29, 0.717) is 33.4 Å². The molecule has 4 aromatic carbocycles. The van der Waals surface area contributed by atoms with Gasteiger partial charge in [-0.2, -0.15) is 0 Å². The Labute approximate surface area is 374 Å². The molecule has 9 rings (SSSR count). The second-order valence-electron chi connectivity index (χ2n) is 15.2. The summed E-state index contributed by atoms with van der Waals surface area (Å²) in [6.45, 7) is 0. The van der Waals surface area contributed by atoms with Crippen molar-refractivity contribution in [3.63, 3.8) is 0 Å². The molecule has 2 N–H and O–H groups in total. The van der Waals surface area contributed by atoms with Crippen LogP contribution < -0.4 is 21.4 Å². The summed E-state index contributed by atoms with van der Waals surface area (Å²) in [6, 6.07) is 5.68. The highest BCUT2D eigenvalue weighted by Gasteiger charge is 2.36. The molecule has 0 aliphatic carbocycles. The van der Waals surface area contributed by atoms with Gasteiger partial charge in [0.15, 0.2) is 93.1 Å². The first kappa shape index (κ1) is 47.2. The average molecular weight is 1000 g/mol. The largest absolute Gasteiger partial charge is 0.354 e. The van der Waals surface area contributed by atoms with Crippen molar-refractivity contribution in [1.82, 2.24) is 19.1 Å². The molecule has 4 nitrogen and oxygen atoms in total. The van der Waals surface area contributed by atoms with Crippen molar-refractivity contribution >= 4 is 22.3 Å². The first-order chi connectivity index (χ1) is 32.9. The van der Waals surface area contributed by atoms with Gasteiger partial charge in [-0.3, -0.25) is 0 Å². The monoisotopic (exact) mass is 1000 g/mol. The quantitative estimate of drug-likeness (QED) is 0.101. The highest BCUT2D eigenvalue weighted by molar-refractivity contribution is 5.86. The minimum Gasteiger partial charge on any atom is -0.354 e. The lowest BCUT2D eigenvalue weighted by Crippen LogP contribution is -2.24. The molecule has 0 amide bonds. The van der Waals surface area contributed by atoms with E-state index in [1.807, 2.05) is 0 Å². The van der Waals surface area contributed by atoms with Gasteiger partial charge in [0.25, 0.3) is 0 Å². The van der Waals surface area contributed by atoms with Crippen LogP contribution in [0.5, 0.6) is 0 Å². The predicted molar refractivity (Wildman–Crippen MR) is 202 cm³/mol. The Morgan fingerprint density at radius 2 is 0.371 bits per heavy atom. The molecule has 360 valence electrons. The van der Waals surface area contributed by atoms with Gasteiger partial charge in [0.1, 0.15) is 0 Å². The molecule has 4 aromatic heterocycles. The van der Waals surface area contributed by atoms with E-state index in [1.54, 1.807) is 0 Å². The predicted octanol–water partition coefficient (Wildman–Crippen LogP) is 9.10. The van der Waals surface area contributed by atoms with Crippen LogP contribution in [-0.2, 0) is 14.1 Å². The van der Waals surface area contributed by atoms with Crippen molar-refractivity contribution in [3.8, 4) is 0 Å². The second-order valence-corrected chi connectivity index (χ2v) is 15.2. The fourth-order valence-corrected chi connectivity index (χ4v) is 8.30. The van der Waals surface area contributed by atoms with Gasteiger partial charge in [-0.25, -0.2) is 87.8 Å². The van der Waals surface area contributed by atoms with Crippen molar-refractivity contribution in [1.29, 1.82) is 0 Å². The van der Waals surface area contributed by atoms with Crippen LogP contribution in [0.4, 0.5) is 87.8 Å². The number of rotatable bonds is 4. The molecule has 8 aromatic rings. The number of aromatic nitrogens is 4. The van der Waals surface area contributed by atoms with E-state index in [0.717, 1.165) is 38.4 Å². The molecule has 0 fully saturated rings.